The summed E-state index contributed by atoms with van der Waals surface area (Å²) in [4.78, 5) is 8.32. The summed E-state index contributed by atoms with van der Waals surface area (Å²) in [6.45, 7) is 0.464. The van der Waals surface area contributed by atoms with Gasteiger partial charge in [0.25, 0.3) is 0 Å². The number of nitriles is 2. The van der Waals surface area contributed by atoms with Crippen LogP contribution in [-0.4, -0.2) is 14.5 Å². The van der Waals surface area contributed by atoms with E-state index in [0.29, 0.717) is 6.54 Å². The quantitative estimate of drug-likeness (QED) is 0.706. The van der Waals surface area contributed by atoms with E-state index in [-0.39, 0.29) is 11.4 Å². The summed E-state index contributed by atoms with van der Waals surface area (Å²) in [7, 11) is 0. The molecule has 5 heteroatoms. The van der Waals surface area contributed by atoms with Gasteiger partial charge in [0, 0.05) is 11.6 Å². The lowest BCUT2D eigenvalue weighted by molar-refractivity contribution is 0.789. The van der Waals surface area contributed by atoms with E-state index in [1.54, 1.807) is 10.8 Å². The number of hydrogen-bond acceptors (Lipinski definition) is 4. The molecule has 3 aromatic rings. The Labute approximate surface area is 115 Å². The summed E-state index contributed by atoms with van der Waals surface area (Å²) in [5.74, 6) is 0. The van der Waals surface area contributed by atoms with E-state index in [0.717, 1.165) is 16.5 Å². The fourth-order valence-corrected chi connectivity index (χ4v) is 2.18. The first-order valence-electron chi connectivity index (χ1n) is 6.01. The molecule has 2 heterocycles. The highest BCUT2D eigenvalue weighted by Gasteiger charge is 2.11. The topological polar surface area (TPSA) is 78.3 Å². The number of benzene rings is 1. The SMILES string of the molecule is N#Cc1ncn(Cc2cccc3cccnc23)c1C#N. The third-order valence-electron chi connectivity index (χ3n) is 3.11. The van der Waals surface area contributed by atoms with E-state index in [2.05, 4.69) is 9.97 Å². The van der Waals surface area contributed by atoms with Gasteiger partial charge in [0.2, 0.25) is 0 Å². The molecule has 0 radical (unpaired) electrons. The Kier molecular flexibility index (Phi) is 2.87. The Bertz CT molecular complexity index is 859. The first-order chi connectivity index (χ1) is 9.83. The van der Waals surface area contributed by atoms with E-state index >= 15 is 0 Å². The van der Waals surface area contributed by atoms with E-state index in [1.807, 2.05) is 42.5 Å². The van der Waals surface area contributed by atoms with Gasteiger partial charge >= 0.3 is 0 Å². The third kappa shape index (κ3) is 1.88. The van der Waals surface area contributed by atoms with Crippen molar-refractivity contribution < 1.29 is 0 Å². The summed E-state index contributed by atoms with van der Waals surface area (Å²) in [6.07, 6.45) is 3.25. The Morgan fingerprint density at radius 1 is 1.05 bits per heavy atom. The molecule has 0 saturated carbocycles. The van der Waals surface area contributed by atoms with Crippen LogP contribution in [0.3, 0.4) is 0 Å². The number of imidazole rings is 1. The Hall–Kier alpha value is -3.18. The minimum Gasteiger partial charge on any atom is -0.317 e. The molecule has 0 N–H and O–H groups in total. The number of fused-ring (bicyclic) bond motifs is 1. The molecule has 0 aliphatic rings. The van der Waals surface area contributed by atoms with E-state index in [4.69, 9.17) is 10.5 Å². The molecule has 94 valence electrons. The molecule has 2 aromatic heterocycles. The van der Waals surface area contributed by atoms with Crippen LogP contribution < -0.4 is 0 Å². The van der Waals surface area contributed by atoms with Crippen molar-refractivity contribution in [3.05, 3.63) is 59.8 Å². The average molecular weight is 259 g/mol. The highest BCUT2D eigenvalue weighted by Crippen LogP contribution is 2.18. The highest BCUT2D eigenvalue weighted by molar-refractivity contribution is 5.81. The molecule has 1 aromatic carbocycles. The van der Waals surface area contributed by atoms with Crippen LogP contribution >= 0.6 is 0 Å². The number of rotatable bonds is 2. The largest absolute Gasteiger partial charge is 0.317 e. The van der Waals surface area contributed by atoms with E-state index in [9.17, 15) is 0 Å². The van der Waals surface area contributed by atoms with Crippen LogP contribution in [-0.2, 0) is 6.54 Å². The molecule has 0 fully saturated rings. The number of aromatic nitrogens is 3. The molecular formula is C15H9N5. The van der Waals surface area contributed by atoms with Crippen LogP contribution in [0.15, 0.2) is 42.9 Å². The smallest absolute Gasteiger partial charge is 0.176 e. The maximum absolute atomic E-state index is 9.13. The minimum absolute atomic E-state index is 0.153. The van der Waals surface area contributed by atoms with Crippen molar-refractivity contribution >= 4 is 10.9 Å². The second-order valence-corrected chi connectivity index (χ2v) is 4.29. The second kappa shape index (κ2) is 4.83. The van der Waals surface area contributed by atoms with Crippen molar-refractivity contribution in [2.75, 3.05) is 0 Å². The lowest BCUT2D eigenvalue weighted by Gasteiger charge is -2.07. The van der Waals surface area contributed by atoms with Crippen molar-refractivity contribution in [3.8, 4) is 12.1 Å². The average Bonchev–Trinajstić information content (AvgIpc) is 2.89. The number of para-hydroxylation sites is 1. The van der Waals surface area contributed by atoms with Crippen LogP contribution in [0.2, 0.25) is 0 Å². The lowest BCUT2D eigenvalue weighted by Crippen LogP contribution is -2.02. The van der Waals surface area contributed by atoms with Crippen molar-refractivity contribution in [1.29, 1.82) is 10.5 Å². The van der Waals surface area contributed by atoms with Crippen LogP contribution in [0, 0.1) is 22.7 Å². The molecule has 0 unspecified atom stereocenters. The van der Waals surface area contributed by atoms with Gasteiger partial charge in [0.05, 0.1) is 18.4 Å². The molecule has 0 amide bonds. The van der Waals surface area contributed by atoms with Crippen molar-refractivity contribution in [3.63, 3.8) is 0 Å². The Balaban J connectivity index is 2.09. The molecule has 0 bridgehead atoms. The summed E-state index contributed by atoms with van der Waals surface area (Å²) in [5, 5.41) is 19.1. The summed E-state index contributed by atoms with van der Waals surface area (Å²) in [5.41, 5.74) is 2.31. The van der Waals surface area contributed by atoms with Crippen molar-refractivity contribution in [1.82, 2.24) is 14.5 Å². The standard InChI is InChI=1S/C15H9N5/c16-7-13-14(8-17)20(10-19-13)9-12-4-1-3-11-5-2-6-18-15(11)12/h1-6,10H,9H2. The van der Waals surface area contributed by atoms with Gasteiger partial charge in [0.15, 0.2) is 11.4 Å². The fraction of sp³-hybridized carbons (Fsp3) is 0.0667. The molecule has 0 aliphatic heterocycles. The van der Waals surface area contributed by atoms with Gasteiger partial charge in [-0.25, -0.2) is 4.98 Å². The third-order valence-corrected chi connectivity index (χ3v) is 3.11. The zero-order valence-corrected chi connectivity index (χ0v) is 10.5. The first-order valence-corrected chi connectivity index (χ1v) is 6.01. The predicted octanol–water partition coefficient (Wildman–Crippen LogP) is 2.22. The number of hydrogen-bond donors (Lipinski definition) is 0. The molecule has 0 spiro atoms. The van der Waals surface area contributed by atoms with E-state index in [1.165, 1.54) is 6.33 Å². The highest BCUT2D eigenvalue weighted by atomic mass is 15.1. The Morgan fingerprint density at radius 2 is 1.90 bits per heavy atom. The predicted molar refractivity (Wildman–Crippen MR) is 72.5 cm³/mol. The second-order valence-electron chi connectivity index (χ2n) is 4.29. The van der Waals surface area contributed by atoms with Crippen LogP contribution in [0.4, 0.5) is 0 Å². The van der Waals surface area contributed by atoms with Crippen molar-refractivity contribution in [2.45, 2.75) is 6.54 Å². The summed E-state index contributed by atoms with van der Waals surface area (Å²) in [6, 6.07) is 13.7. The first kappa shape index (κ1) is 11.9. The molecular weight excluding hydrogens is 250 g/mol. The molecule has 20 heavy (non-hydrogen) atoms. The van der Waals surface area contributed by atoms with Crippen molar-refractivity contribution in [2.24, 2.45) is 0 Å². The zero-order valence-electron chi connectivity index (χ0n) is 10.5. The summed E-state index contributed by atoms with van der Waals surface area (Å²) >= 11 is 0. The van der Waals surface area contributed by atoms with Gasteiger partial charge < -0.3 is 4.57 Å². The molecule has 0 saturated heterocycles. The molecule has 3 rings (SSSR count). The molecule has 0 aliphatic carbocycles. The van der Waals surface area contributed by atoms with Crippen LogP contribution in [0.5, 0.6) is 0 Å². The summed E-state index contributed by atoms with van der Waals surface area (Å²) < 4.78 is 1.67. The maximum atomic E-state index is 9.13. The van der Waals surface area contributed by atoms with Gasteiger partial charge in [-0.05, 0) is 11.6 Å². The molecule has 5 nitrogen and oxygen atoms in total. The van der Waals surface area contributed by atoms with Gasteiger partial charge in [0.1, 0.15) is 12.1 Å². The van der Waals surface area contributed by atoms with Gasteiger partial charge in [-0.1, -0.05) is 24.3 Å². The van der Waals surface area contributed by atoms with Crippen LogP contribution in [0.25, 0.3) is 10.9 Å². The van der Waals surface area contributed by atoms with Gasteiger partial charge in [-0.2, -0.15) is 10.5 Å². The van der Waals surface area contributed by atoms with Gasteiger partial charge in [-0.15, -0.1) is 0 Å². The maximum Gasteiger partial charge on any atom is 0.176 e. The van der Waals surface area contributed by atoms with E-state index < -0.39 is 0 Å². The monoisotopic (exact) mass is 259 g/mol. The molecule has 0 atom stereocenters. The fourth-order valence-electron chi connectivity index (χ4n) is 2.18. The van der Waals surface area contributed by atoms with Crippen LogP contribution in [0.1, 0.15) is 17.0 Å². The normalized spacial score (nSPS) is 10.1. The Morgan fingerprint density at radius 3 is 2.70 bits per heavy atom. The van der Waals surface area contributed by atoms with Gasteiger partial charge in [-0.3, -0.25) is 4.98 Å². The minimum atomic E-state index is 0.153. The lowest BCUT2D eigenvalue weighted by atomic mass is 10.1. The number of nitrogens with zero attached hydrogens (tertiary/aromatic N) is 5. The number of pyridine rings is 1. The zero-order chi connectivity index (χ0) is 13.9.